The molecule has 0 aliphatic carbocycles. The topological polar surface area (TPSA) is 279 Å². The van der Waals surface area contributed by atoms with Crippen LogP contribution in [0.4, 0.5) is 9.59 Å². The third-order valence-corrected chi connectivity index (χ3v) is 13.5. The Labute approximate surface area is 422 Å². The first-order valence-corrected chi connectivity index (χ1v) is 24.5. The van der Waals surface area contributed by atoms with E-state index in [-0.39, 0.29) is 61.0 Å². The number of nitrogens with one attached hydrogen (secondary N) is 5. The number of carbonyl (C=O) groups is 5. The molecule has 3 aliphatic rings. The van der Waals surface area contributed by atoms with Crippen molar-refractivity contribution in [3.63, 3.8) is 0 Å². The van der Waals surface area contributed by atoms with Gasteiger partial charge in [-0.1, -0.05) is 81.4 Å². The molecular weight excluding hydrogens is 943 g/mol. The van der Waals surface area contributed by atoms with Gasteiger partial charge in [-0.05, 0) is 53.9 Å². The number of methoxy groups -OCH3 is 2. The van der Waals surface area contributed by atoms with Gasteiger partial charge in [0.1, 0.15) is 36.4 Å². The Morgan fingerprint density at radius 2 is 1.18 bits per heavy atom. The Hall–Kier alpha value is -7.53. The van der Waals surface area contributed by atoms with Gasteiger partial charge in [-0.15, -0.1) is 0 Å². The fourth-order valence-electron chi connectivity index (χ4n) is 9.56. The lowest BCUT2D eigenvalue weighted by molar-refractivity contribution is -0.142. The number of imidazole rings is 2. The molecule has 73 heavy (non-hydrogen) atoms. The van der Waals surface area contributed by atoms with Crippen LogP contribution < -0.4 is 10.6 Å². The SMILES string of the molecule is COC(=O)NC(C(=O)N1CC(N2CC(COC(C)O)N=N2)CC1c1ncc(-c2ccc(-c3ccc(-c4cnc(C5CC(n6cc(COC(C)=O)[nH]6)CN5C(=O)C(NC(=O)OC)C(C)C)[nH]4)cc3)cc2)[nH]1)C(C)C. The molecule has 4 amide bonds. The van der Waals surface area contributed by atoms with E-state index in [0.29, 0.717) is 44.1 Å². The lowest BCUT2D eigenvalue weighted by Crippen LogP contribution is -2.51. The summed E-state index contributed by atoms with van der Waals surface area (Å²) in [6, 6.07) is 13.0. The minimum Gasteiger partial charge on any atom is -0.459 e. The maximum atomic E-state index is 14.3. The second-order valence-corrected chi connectivity index (χ2v) is 19.4. The van der Waals surface area contributed by atoms with Crippen LogP contribution >= 0.6 is 0 Å². The standard InChI is InChI=1S/C50H65N13O10/c1-27(2)43(55-49(68)70-7)47(66)60-23-37(62-22-36(58-62)26-73-30(6)65)17-41(60)45-51-19-39(53-45)33-13-9-31(10-14-33)32-11-15-34(16-12-32)40-20-52-46(54-40)42-18-38(63-21-35(57-59-63)25-72-29(5)64)24-61(42)48(67)44(28(3)4)56-50(69)71-8/h9-16,19-20,22,27-29,35,37-38,41-44,58,64H,17-18,21,23-26H2,1-8H3,(H,51,53)(H,52,54)(H,55,68)(H,56,69). The summed E-state index contributed by atoms with van der Waals surface area (Å²) >= 11 is 0. The Morgan fingerprint density at radius 1 is 0.712 bits per heavy atom. The van der Waals surface area contributed by atoms with E-state index in [2.05, 4.69) is 36.0 Å². The van der Waals surface area contributed by atoms with Crippen LogP contribution in [0.2, 0.25) is 0 Å². The van der Waals surface area contributed by atoms with E-state index in [1.807, 2.05) is 92.1 Å². The number of aromatic nitrogens is 6. The second kappa shape index (κ2) is 22.5. The van der Waals surface area contributed by atoms with Crippen LogP contribution in [0.3, 0.4) is 0 Å². The van der Waals surface area contributed by atoms with Crippen molar-refractivity contribution in [2.75, 3.05) is 40.5 Å². The molecule has 0 bridgehead atoms. The van der Waals surface area contributed by atoms with E-state index in [9.17, 15) is 29.1 Å². The lowest BCUT2D eigenvalue weighted by Gasteiger charge is -2.30. The number of alkyl carbamates (subject to hydrolysis) is 2. The number of amides is 4. The average molecular weight is 1010 g/mol. The maximum Gasteiger partial charge on any atom is 0.407 e. The van der Waals surface area contributed by atoms with Gasteiger partial charge in [-0.2, -0.15) is 5.11 Å². The first-order chi connectivity index (χ1) is 35.0. The largest absolute Gasteiger partial charge is 0.459 e. The molecule has 8 atom stereocenters. The minimum atomic E-state index is -0.926. The Morgan fingerprint density at radius 3 is 1.63 bits per heavy atom. The fourth-order valence-corrected chi connectivity index (χ4v) is 9.56. The van der Waals surface area contributed by atoms with Crippen molar-refractivity contribution >= 4 is 30.0 Å². The van der Waals surface area contributed by atoms with Crippen LogP contribution in [0.25, 0.3) is 33.6 Å². The van der Waals surface area contributed by atoms with Crippen LogP contribution in [0.5, 0.6) is 0 Å². The molecule has 2 saturated heterocycles. The molecule has 2 fully saturated rings. The predicted octanol–water partition coefficient (Wildman–Crippen LogP) is 5.65. The molecule has 390 valence electrons. The molecule has 6 heterocycles. The molecule has 5 aromatic rings. The van der Waals surface area contributed by atoms with Gasteiger partial charge < -0.3 is 54.5 Å². The molecular formula is C50H65N13O10. The smallest absolute Gasteiger partial charge is 0.407 e. The summed E-state index contributed by atoms with van der Waals surface area (Å²) in [5, 5.41) is 28.9. The van der Waals surface area contributed by atoms with Crippen LogP contribution in [-0.2, 0) is 39.9 Å². The van der Waals surface area contributed by atoms with Gasteiger partial charge in [0.2, 0.25) is 11.8 Å². The zero-order valence-corrected chi connectivity index (χ0v) is 42.3. The number of rotatable bonds is 18. The molecule has 0 radical (unpaired) electrons. The fraction of sp³-hybridized carbons (Fsp3) is 0.500. The first kappa shape index (κ1) is 51.8. The highest BCUT2D eigenvalue weighted by Gasteiger charge is 2.45. The molecule has 0 saturated carbocycles. The molecule has 3 aromatic heterocycles. The van der Waals surface area contributed by atoms with Crippen molar-refractivity contribution < 1.29 is 48.0 Å². The Balaban J connectivity index is 0.962. The number of nitrogens with zero attached hydrogens (tertiary/aromatic N) is 8. The molecule has 8 rings (SSSR count). The average Bonchev–Trinajstić information content (AvgIpc) is 4.23. The van der Waals surface area contributed by atoms with Crippen molar-refractivity contribution in [3.8, 4) is 33.6 Å². The van der Waals surface area contributed by atoms with E-state index in [4.69, 9.17) is 28.9 Å². The Bertz CT molecular complexity index is 2730. The summed E-state index contributed by atoms with van der Waals surface area (Å²) < 4.78 is 22.1. The number of aliphatic hydroxyl groups is 1. The van der Waals surface area contributed by atoms with Gasteiger partial charge in [0.15, 0.2) is 6.29 Å². The molecule has 23 heteroatoms. The van der Waals surface area contributed by atoms with Crippen LogP contribution in [0.1, 0.15) is 89.9 Å². The number of aliphatic hydroxyl groups excluding tert-OH is 1. The number of likely N-dealkylation sites (tertiary alicyclic amines) is 2. The zero-order chi connectivity index (χ0) is 52.1. The van der Waals surface area contributed by atoms with Crippen molar-refractivity contribution in [1.29, 1.82) is 0 Å². The van der Waals surface area contributed by atoms with Crippen LogP contribution in [0.15, 0.2) is 77.5 Å². The normalized spacial score (nSPS) is 20.9. The number of hydrogen-bond donors (Lipinski definition) is 6. The molecule has 0 spiro atoms. The van der Waals surface area contributed by atoms with Gasteiger partial charge >= 0.3 is 18.2 Å². The highest BCUT2D eigenvalue weighted by Crippen LogP contribution is 2.40. The number of H-pyrrole nitrogens is 3. The van der Waals surface area contributed by atoms with Crippen LogP contribution in [0, 0.1) is 11.8 Å². The van der Waals surface area contributed by atoms with E-state index >= 15 is 0 Å². The highest BCUT2D eigenvalue weighted by atomic mass is 16.6. The molecule has 8 unspecified atom stereocenters. The number of aromatic amines is 3. The first-order valence-electron chi connectivity index (χ1n) is 24.5. The number of hydrogen-bond acceptors (Lipinski definition) is 15. The summed E-state index contributed by atoms with van der Waals surface area (Å²) in [5.74, 6) is -0.154. The van der Waals surface area contributed by atoms with E-state index in [1.165, 1.54) is 28.1 Å². The van der Waals surface area contributed by atoms with E-state index in [1.54, 1.807) is 22.2 Å². The summed E-state index contributed by atoms with van der Waals surface area (Å²) in [7, 11) is 2.52. The monoisotopic (exact) mass is 1010 g/mol. The molecule has 6 N–H and O–H groups in total. The van der Waals surface area contributed by atoms with Gasteiger partial charge in [0.05, 0.1) is 81.0 Å². The lowest BCUT2D eigenvalue weighted by atomic mass is 10.0. The molecule has 3 aliphatic heterocycles. The summed E-state index contributed by atoms with van der Waals surface area (Å²) in [6.07, 6.45) is 4.10. The third kappa shape index (κ3) is 11.9. The Kier molecular flexibility index (Phi) is 16.0. The van der Waals surface area contributed by atoms with Crippen LogP contribution in [-0.4, -0.2) is 151 Å². The minimum absolute atomic E-state index is 0.119. The van der Waals surface area contributed by atoms with Gasteiger partial charge in [-0.3, -0.25) is 29.2 Å². The highest BCUT2D eigenvalue weighted by molar-refractivity contribution is 5.87. The quantitative estimate of drug-likeness (QED) is 0.0352. The van der Waals surface area contributed by atoms with Crippen molar-refractivity contribution in [2.45, 2.75) is 110 Å². The number of esters is 1. The zero-order valence-electron chi connectivity index (χ0n) is 42.3. The van der Waals surface area contributed by atoms with Gasteiger partial charge in [0, 0.05) is 26.2 Å². The van der Waals surface area contributed by atoms with Crippen molar-refractivity contribution in [1.82, 2.24) is 55.2 Å². The molecule has 2 aromatic carbocycles. The number of carbonyl (C=O) groups excluding carboxylic acids is 5. The second-order valence-electron chi connectivity index (χ2n) is 19.4. The van der Waals surface area contributed by atoms with E-state index in [0.717, 1.165) is 39.3 Å². The van der Waals surface area contributed by atoms with Crippen molar-refractivity contribution in [2.24, 2.45) is 22.2 Å². The summed E-state index contributed by atoms with van der Waals surface area (Å²) in [4.78, 5) is 84.4. The summed E-state index contributed by atoms with van der Waals surface area (Å²) in [5.41, 5.74) is 6.04. The summed E-state index contributed by atoms with van der Waals surface area (Å²) in [6.45, 7) is 11.8. The van der Waals surface area contributed by atoms with E-state index < -0.39 is 42.6 Å². The van der Waals surface area contributed by atoms with Crippen molar-refractivity contribution in [3.05, 3.63) is 84.5 Å². The number of ether oxygens (including phenoxy) is 4. The van der Waals surface area contributed by atoms with Gasteiger partial charge in [-0.25, -0.2) is 19.6 Å². The molecule has 23 nitrogen and oxygen atoms in total. The number of benzene rings is 2. The third-order valence-electron chi connectivity index (χ3n) is 13.5. The maximum absolute atomic E-state index is 14.3. The van der Waals surface area contributed by atoms with Gasteiger partial charge in [0.25, 0.3) is 0 Å². The predicted molar refractivity (Wildman–Crippen MR) is 264 cm³/mol.